The Morgan fingerprint density at radius 1 is 1.60 bits per heavy atom. The number of amides is 1. The van der Waals surface area contributed by atoms with Crippen LogP contribution in [0.4, 0.5) is 0 Å². The first-order valence-corrected chi connectivity index (χ1v) is 8.66. The first-order valence-electron chi connectivity index (χ1n) is 6.56. The van der Waals surface area contributed by atoms with E-state index < -0.39 is 0 Å². The van der Waals surface area contributed by atoms with Crippen molar-refractivity contribution in [2.24, 2.45) is 0 Å². The van der Waals surface area contributed by atoms with E-state index in [2.05, 4.69) is 13.0 Å². The van der Waals surface area contributed by atoms with Gasteiger partial charge in [-0.15, -0.1) is 11.3 Å². The van der Waals surface area contributed by atoms with E-state index in [1.807, 2.05) is 11.5 Å². The standard InChI is InChI=1S/C14H15NO2S3/c1-9-4-6-19-11(9)7-12-13(16)15(14(18)20-12)8-10-3-2-5-17-10/h4,6-7,10H,2-3,5,8H2,1H3/b12-7-/t10-/m1/s1. The molecule has 1 atom stereocenters. The van der Waals surface area contributed by atoms with Gasteiger partial charge < -0.3 is 4.74 Å². The van der Waals surface area contributed by atoms with Crippen LogP contribution in [-0.2, 0) is 9.53 Å². The molecule has 1 amide bonds. The molecule has 6 heteroatoms. The van der Waals surface area contributed by atoms with Gasteiger partial charge in [-0.3, -0.25) is 9.69 Å². The monoisotopic (exact) mass is 325 g/mol. The van der Waals surface area contributed by atoms with E-state index >= 15 is 0 Å². The van der Waals surface area contributed by atoms with Crippen LogP contribution in [0, 0.1) is 6.92 Å². The zero-order valence-corrected chi connectivity index (χ0v) is 13.6. The number of thiocarbonyl (C=S) groups is 1. The second kappa shape index (κ2) is 5.97. The lowest BCUT2D eigenvalue weighted by Gasteiger charge is -2.18. The molecule has 0 radical (unpaired) electrons. The van der Waals surface area contributed by atoms with Gasteiger partial charge in [0.1, 0.15) is 4.32 Å². The van der Waals surface area contributed by atoms with Crippen molar-refractivity contribution in [2.45, 2.75) is 25.9 Å². The Labute approximate surface area is 132 Å². The zero-order chi connectivity index (χ0) is 14.1. The number of hydrogen-bond donors (Lipinski definition) is 0. The molecule has 1 aromatic rings. The first-order chi connectivity index (χ1) is 9.65. The smallest absolute Gasteiger partial charge is 0.266 e. The second-order valence-electron chi connectivity index (χ2n) is 4.90. The maximum atomic E-state index is 12.4. The average Bonchev–Trinajstić information content (AvgIpc) is 3.11. The van der Waals surface area contributed by atoms with Gasteiger partial charge in [-0.2, -0.15) is 0 Å². The Kier molecular flexibility index (Phi) is 4.26. The van der Waals surface area contributed by atoms with Gasteiger partial charge in [0, 0.05) is 11.5 Å². The number of aryl methyl sites for hydroxylation is 1. The number of hydrogen-bond acceptors (Lipinski definition) is 5. The van der Waals surface area contributed by atoms with E-state index in [1.54, 1.807) is 16.2 Å². The molecule has 3 rings (SSSR count). The summed E-state index contributed by atoms with van der Waals surface area (Å²) in [5.41, 5.74) is 1.19. The molecule has 0 spiro atoms. The van der Waals surface area contributed by atoms with E-state index in [4.69, 9.17) is 17.0 Å². The third-order valence-corrected chi connectivity index (χ3v) is 5.79. The maximum absolute atomic E-state index is 12.4. The third kappa shape index (κ3) is 2.83. The quantitative estimate of drug-likeness (QED) is 0.629. The van der Waals surface area contributed by atoms with Crippen LogP contribution in [-0.4, -0.2) is 34.4 Å². The predicted molar refractivity (Wildman–Crippen MR) is 87.9 cm³/mol. The number of carbonyl (C=O) groups is 1. The maximum Gasteiger partial charge on any atom is 0.266 e. The molecular weight excluding hydrogens is 310 g/mol. The fourth-order valence-corrected chi connectivity index (χ4v) is 4.49. The highest BCUT2D eigenvalue weighted by Crippen LogP contribution is 2.34. The largest absolute Gasteiger partial charge is 0.376 e. The molecule has 0 aliphatic carbocycles. The zero-order valence-electron chi connectivity index (χ0n) is 11.1. The minimum Gasteiger partial charge on any atom is -0.376 e. The number of thiophene rings is 1. The molecule has 106 valence electrons. The summed E-state index contributed by atoms with van der Waals surface area (Å²) in [5.74, 6) is 0.0169. The van der Waals surface area contributed by atoms with Crippen LogP contribution >= 0.6 is 35.3 Å². The molecule has 0 saturated carbocycles. The van der Waals surface area contributed by atoms with Crippen molar-refractivity contribution < 1.29 is 9.53 Å². The lowest BCUT2D eigenvalue weighted by Crippen LogP contribution is -2.35. The van der Waals surface area contributed by atoms with Crippen molar-refractivity contribution in [3.63, 3.8) is 0 Å². The van der Waals surface area contributed by atoms with Crippen molar-refractivity contribution in [2.75, 3.05) is 13.2 Å². The first kappa shape index (κ1) is 14.3. The van der Waals surface area contributed by atoms with Gasteiger partial charge in [0.2, 0.25) is 0 Å². The lowest BCUT2D eigenvalue weighted by atomic mass is 10.2. The topological polar surface area (TPSA) is 29.5 Å². The van der Waals surface area contributed by atoms with Gasteiger partial charge in [-0.05, 0) is 42.9 Å². The molecule has 0 unspecified atom stereocenters. The molecule has 0 aromatic carbocycles. The highest BCUT2D eigenvalue weighted by Gasteiger charge is 2.34. The Balaban J connectivity index is 1.76. The van der Waals surface area contributed by atoms with E-state index in [9.17, 15) is 4.79 Å². The van der Waals surface area contributed by atoms with Gasteiger partial charge in [0.25, 0.3) is 5.91 Å². The van der Waals surface area contributed by atoms with Gasteiger partial charge in [0.15, 0.2) is 0 Å². The average molecular weight is 325 g/mol. The Morgan fingerprint density at radius 2 is 2.45 bits per heavy atom. The number of carbonyl (C=O) groups excluding carboxylic acids is 1. The molecule has 3 nitrogen and oxygen atoms in total. The summed E-state index contributed by atoms with van der Waals surface area (Å²) in [4.78, 5) is 16.0. The molecule has 2 aliphatic rings. The number of thioether (sulfide) groups is 1. The van der Waals surface area contributed by atoms with Crippen molar-refractivity contribution in [1.82, 2.24) is 4.90 Å². The number of nitrogens with zero attached hydrogens (tertiary/aromatic N) is 1. The summed E-state index contributed by atoms with van der Waals surface area (Å²) in [5, 5.41) is 2.04. The van der Waals surface area contributed by atoms with Crippen LogP contribution in [0.5, 0.6) is 0 Å². The van der Waals surface area contributed by atoms with Gasteiger partial charge in [0.05, 0.1) is 17.6 Å². The van der Waals surface area contributed by atoms with Gasteiger partial charge in [-0.25, -0.2) is 0 Å². The highest BCUT2D eigenvalue weighted by atomic mass is 32.2. The Morgan fingerprint density at radius 3 is 3.10 bits per heavy atom. The molecule has 1 aromatic heterocycles. The fourth-order valence-electron chi connectivity index (χ4n) is 2.30. The Bertz CT molecular complexity index is 573. The fraction of sp³-hybridized carbons (Fsp3) is 0.429. The number of rotatable bonds is 3. The van der Waals surface area contributed by atoms with Crippen LogP contribution in [0.1, 0.15) is 23.3 Å². The van der Waals surface area contributed by atoms with Crippen LogP contribution in [0.25, 0.3) is 6.08 Å². The van der Waals surface area contributed by atoms with Crippen molar-refractivity contribution in [3.8, 4) is 0 Å². The summed E-state index contributed by atoms with van der Waals surface area (Å²) in [6, 6.07) is 2.06. The third-order valence-electron chi connectivity index (χ3n) is 3.45. The molecule has 0 N–H and O–H groups in total. The summed E-state index contributed by atoms with van der Waals surface area (Å²) >= 11 is 8.37. The van der Waals surface area contributed by atoms with Gasteiger partial charge >= 0.3 is 0 Å². The van der Waals surface area contributed by atoms with Crippen molar-refractivity contribution in [1.29, 1.82) is 0 Å². The molecule has 2 saturated heterocycles. The molecule has 2 aliphatic heterocycles. The number of ether oxygens (including phenoxy) is 1. The normalized spacial score (nSPS) is 25.1. The Hall–Kier alpha value is -0.690. The summed E-state index contributed by atoms with van der Waals surface area (Å²) < 4.78 is 6.24. The predicted octanol–water partition coefficient (Wildman–Crippen LogP) is 3.44. The molecule has 20 heavy (non-hydrogen) atoms. The molecular formula is C14H15NO2S3. The van der Waals surface area contributed by atoms with Crippen molar-refractivity contribution in [3.05, 3.63) is 26.8 Å². The van der Waals surface area contributed by atoms with Crippen LogP contribution in [0.3, 0.4) is 0 Å². The van der Waals surface area contributed by atoms with E-state index in [0.29, 0.717) is 10.9 Å². The highest BCUT2D eigenvalue weighted by molar-refractivity contribution is 8.26. The summed E-state index contributed by atoms with van der Waals surface area (Å²) in [7, 11) is 0. The molecule has 2 fully saturated rings. The van der Waals surface area contributed by atoms with E-state index in [-0.39, 0.29) is 12.0 Å². The second-order valence-corrected chi connectivity index (χ2v) is 7.52. The van der Waals surface area contributed by atoms with Crippen LogP contribution in [0.2, 0.25) is 0 Å². The van der Waals surface area contributed by atoms with Crippen LogP contribution < -0.4 is 0 Å². The van der Waals surface area contributed by atoms with Crippen LogP contribution in [0.15, 0.2) is 16.4 Å². The minimum absolute atomic E-state index is 0.0169. The molecule has 0 bridgehead atoms. The van der Waals surface area contributed by atoms with E-state index in [1.165, 1.54) is 17.3 Å². The SMILES string of the molecule is Cc1ccsc1/C=C1\SC(=S)N(C[C@H]2CCCO2)C1=O. The van der Waals surface area contributed by atoms with Gasteiger partial charge in [-0.1, -0.05) is 24.0 Å². The minimum atomic E-state index is 0.0169. The van der Waals surface area contributed by atoms with Crippen molar-refractivity contribution >= 4 is 51.6 Å². The summed E-state index contributed by atoms with van der Waals surface area (Å²) in [6.45, 7) is 3.44. The molecule has 3 heterocycles. The lowest BCUT2D eigenvalue weighted by molar-refractivity contribution is -0.123. The summed E-state index contributed by atoms with van der Waals surface area (Å²) in [6.07, 6.45) is 4.18. The van der Waals surface area contributed by atoms with E-state index in [0.717, 1.165) is 29.2 Å².